The Hall–Kier alpha value is -1.09. The third-order valence-corrected chi connectivity index (χ3v) is 4.22. The molecule has 0 amide bonds. The van der Waals surface area contributed by atoms with E-state index in [4.69, 9.17) is 23.2 Å². The number of nitrogens with zero attached hydrogens (tertiary/aromatic N) is 1. The summed E-state index contributed by atoms with van der Waals surface area (Å²) in [5, 5.41) is 4.73. The van der Waals surface area contributed by atoms with Crippen LogP contribution in [0.4, 0.5) is 0 Å². The van der Waals surface area contributed by atoms with Crippen LogP contribution in [0.5, 0.6) is 0 Å². The van der Waals surface area contributed by atoms with Crippen molar-refractivity contribution in [2.24, 2.45) is 0 Å². The molecule has 0 aliphatic rings. The molecule has 4 heteroatoms. The number of pyridine rings is 1. The van der Waals surface area contributed by atoms with Crippen molar-refractivity contribution >= 4 is 23.2 Å². The van der Waals surface area contributed by atoms with Gasteiger partial charge in [-0.3, -0.25) is 4.98 Å². The third-order valence-electron chi connectivity index (χ3n) is 3.36. The first-order valence-electron chi connectivity index (χ1n) is 6.70. The molecule has 20 heavy (non-hydrogen) atoms. The maximum atomic E-state index is 6.29. The molecule has 1 unspecified atom stereocenters. The second-order valence-corrected chi connectivity index (χ2v) is 5.54. The quantitative estimate of drug-likeness (QED) is 0.874. The molecule has 1 atom stereocenters. The van der Waals surface area contributed by atoms with E-state index in [1.807, 2.05) is 36.7 Å². The van der Waals surface area contributed by atoms with Gasteiger partial charge in [0.15, 0.2) is 0 Å². The average molecular weight is 309 g/mol. The second kappa shape index (κ2) is 7.07. The highest BCUT2D eigenvalue weighted by atomic mass is 35.5. The molecule has 0 radical (unpaired) electrons. The molecule has 2 rings (SSSR count). The van der Waals surface area contributed by atoms with Crippen molar-refractivity contribution in [3.63, 3.8) is 0 Å². The summed E-state index contributed by atoms with van der Waals surface area (Å²) in [5.41, 5.74) is 3.47. The molecule has 0 fully saturated rings. The van der Waals surface area contributed by atoms with E-state index in [0.717, 1.165) is 18.5 Å². The zero-order chi connectivity index (χ0) is 14.5. The molecule has 0 saturated carbocycles. The minimum absolute atomic E-state index is 0.185. The largest absolute Gasteiger partial charge is 0.310 e. The van der Waals surface area contributed by atoms with Crippen LogP contribution in [-0.2, 0) is 6.42 Å². The van der Waals surface area contributed by atoms with E-state index in [1.165, 1.54) is 11.1 Å². The Morgan fingerprint density at radius 1 is 1.25 bits per heavy atom. The van der Waals surface area contributed by atoms with Crippen LogP contribution in [0.15, 0.2) is 36.7 Å². The molecule has 0 bridgehead atoms. The van der Waals surface area contributed by atoms with E-state index in [2.05, 4.69) is 24.1 Å². The van der Waals surface area contributed by atoms with Crippen LogP contribution in [0, 0.1) is 6.92 Å². The Labute approximate surface area is 130 Å². The Kier molecular flexibility index (Phi) is 5.41. The fourth-order valence-corrected chi connectivity index (χ4v) is 2.70. The molecular formula is C16H18Cl2N2. The van der Waals surface area contributed by atoms with Gasteiger partial charge in [0.1, 0.15) is 0 Å². The molecule has 2 aromatic rings. The van der Waals surface area contributed by atoms with Gasteiger partial charge >= 0.3 is 0 Å². The lowest BCUT2D eigenvalue weighted by atomic mass is 9.97. The van der Waals surface area contributed by atoms with Gasteiger partial charge in [0.2, 0.25) is 0 Å². The van der Waals surface area contributed by atoms with Gasteiger partial charge in [0.25, 0.3) is 0 Å². The number of halogens is 2. The minimum atomic E-state index is 0.185. The number of hydrogen-bond acceptors (Lipinski definition) is 2. The molecule has 106 valence electrons. The van der Waals surface area contributed by atoms with Gasteiger partial charge in [-0.15, -0.1) is 0 Å². The van der Waals surface area contributed by atoms with Crippen LogP contribution in [0.1, 0.15) is 29.7 Å². The number of nitrogens with one attached hydrogen (secondary N) is 1. The van der Waals surface area contributed by atoms with Crippen molar-refractivity contribution in [1.29, 1.82) is 0 Å². The molecule has 1 aromatic carbocycles. The summed E-state index contributed by atoms with van der Waals surface area (Å²) in [7, 11) is 0. The van der Waals surface area contributed by atoms with Gasteiger partial charge in [0.05, 0.1) is 10.0 Å². The Morgan fingerprint density at radius 3 is 2.75 bits per heavy atom. The fraction of sp³-hybridized carbons (Fsp3) is 0.312. The lowest BCUT2D eigenvalue weighted by Gasteiger charge is -2.20. The lowest BCUT2D eigenvalue weighted by molar-refractivity contribution is 0.546. The van der Waals surface area contributed by atoms with Crippen LogP contribution in [-0.4, -0.2) is 11.5 Å². The molecule has 0 aliphatic heterocycles. The summed E-state index contributed by atoms with van der Waals surface area (Å²) in [6.07, 6.45) is 4.52. The zero-order valence-corrected chi connectivity index (χ0v) is 13.2. The summed E-state index contributed by atoms with van der Waals surface area (Å²) in [6.45, 7) is 5.08. The summed E-state index contributed by atoms with van der Waals surface area (Å²) >= 11 is 12.4. The van der Waals surface area contributed by atoms with Gasteiger partial charge in [-0.1, -0.05) is 42.3 Å². The molecule has 1 N–H and O–H groups in total. The summed E-state index contributed by atoms with van der Waals surface area (Å²) < 4.78 is 0. The molecule has 0 saturated heterocycles. The first kappa shape index (κ1) is 15.3. The van der Waals surface area contributed by atoms with E-state index in [1.54, 1.807) is 0 Å². The normalized spacial score (nSPS) is 12.4. The predicted molar refractivity (Wildman–Crippen MR) is 85.6 cm³/mol. The smallest absolute Gasteiger partial charge is 0.0624 e. The van der Waals surface area contributed by atoms with Crippen LogP contribution in [0.2, 0.25) is 10.0 Å². The van der Waals surface area contributed by atoms with Crippen molar-refractivity contribution in [3.8, 4) is 0 Å². The van der Waals surface area contributed by atoms with Crippen molar-refractivity contribution in [1.82, 2.24) is 10.3 Å². The highest BCUT2D eigenvalue weighted by molar-refractivity contribution is 6.42. The van der Waals surface area contributed by atoms with E-state index >= 15 is 0 Å². The zero-order valence-electron chi connectivity index (χ0n) is 11.7. The fourth-order valence-electron chi connectivity index (χ4n) is 2.31. The SMILES string of the molecule is CCNC(Cc1cccc(Cl)c1Cl)c1cnccc1C. The first-order valence-corrected chi connectivity index (χ1v) is 7.45. The maximum absolute atomic E-state index is 6.29. The molecule has 0 spiro atoms. The average Bonchev–Trinajstić information content (AvgIpc) is 2.44. The van der Waals surface area contributed by atoms with E-state index in [-0.39, 0.29) is 6.04 Å². The van der Waals surface area contributed by atoms with Gasteiger partial charge in [-0.2, -0.15) is 0 Å². The van der Waals surface area contributed by atoms with E-state index in [9.17, 15) is 0 Å². The topological polar surface area (TPSA) is 24.9 Å². The van der Waals surface area contributed by atoms with E-state index in [0.29, 0.717) is 10.0 Å². The summed E-state index contributed by atoms with van der Waals surface area (Å²) in [5.74, 6) is 0. The number of hydrogen-bond donors (Lipinski definition) is 1. The molecule has 1 aromatic heterocycles. The second-order valence-electron chi connectivity index (χ2n) is 4.76. The van der Waals surface area contributed by atoms with Crippen molar-refractivity contribution in [2.75, 3.05) is 6.54 Å². The number of aromatic nitrogens is 1. The molecule has 2 nitrogen and oxygen atoms in total. The van der Waals surface area contributed by atoms with E-state index < -0.39 is 0 Å². The number of aryl methyl sites for hydroxylation is 1. The van der Waals surface area contributed by atoms with Gasteiger partial charge in [0, 0.05) is 18.4 Å². The Bertz CT molecular complexity index is 584. The molecule has 1 heterocycles. The van der Waals surface area contributed by atoms with Gasteiger partial charge < -0.3 is 5.32 Å². The third kappa shape index (κ3) is 3.51. The summed E-state index contributed by atoms with van der Waals surface area (Å²) in [6, 6.07) is 7.97. The number of likely N-dealkylation sites (N-methyl/N-ethyl adjacent to an activating group) is 1. The monoisotopic (exact) mass is 308 g/mol. The van der Waals surface area contributed by atoms with Crippen molar-refractivity contribution in [3.05, 3.63) is 63.4 Å². The van der Waals surface area contributed by atoms with Crippen molar-refractivity contribution < 1.29 is 0 Å². The van der Waals surface area contributed by atoms with Gasteiger partial charge in [-0.05, 0) is 48.7 Å². The highest BCUT2D eigenvalue weighted by Gasteiger charge is 2.16. The highest BCUT2D eigenvalue weighted by Crippen LogP contribution is 2.29. The predicted octanol–water partition coefficient (Wildman–Crippen LogP) is 4.59. The Morgan fingerprint density at radius 2 is 2.05 bits per heavy atom. The summed E-state index contributed by atoms with van der Waals surface area (Å²) in [4.78, 5) is 4.23. The number of benzene rings is 1. The molecule has 0 aliphatic carbocycles. The standard InChI is InChI=1S/C16H18Cl2N2/c1-3-20-15(13-10-19-8-7-11(13)2)9-12-5-4-6-14(17)16(12)18/h4-8,10,15,20H,3,9H2,1-2H3. The first-order chi connectivity index (χ1) is 9.63. The van der Waals surface area contributed by atoms with Crippen LogP contribution >= 0.6 is 23.2 Å². The van der Waals surface area contributed by atoms with Crippen LogP contribution in [0.3, 0.4) is 0 Å². The van der Waals surface area contributed by atoms with Crippen LogP contribution < -0.4 is 5.32 Å². The minimum Gasteiger partial charge on any atom is -0.310 e. The van der Waals surface area contributed by atoms with Crippen LogP contribution in [0.25, 0.3) is 0 Å². The van der Waals surface area contributed by atoms with Gasteiger partial charge in [-0.25, -0.2) is 0 Å². The maximum Gasteiger partial charge on any atom is 0.0624 e. The Balaban J connectivity index is 2.31. The lowest BCUT2D eigenvalue weighted by Crippen LogP contribution is -2.24. The van der Waals surface area contributed by atoms with Crippen molar-refractivity contribution in [2.45, 2.75) is 26.3 Å². The number of rotatable bonds is 5. The molecular weight excluding hydrogens is 291 g/mol.